The van der Waals surface area contributed by atoms with E-state index in [-0.39, 0.29) is 58.1 Å². The number of methoxy groups -OCH3 is 1. The molecule has 2 aromatic carbocycles. The fourth-order valence-electron chi connectivity index (χ4n) is 5.00. The minimum absolute atomic E-state index is 0. The third-order valence-electron chi connectivity index (χ3n) is 7.30. The van der Waals surface area contributed by atoms with E-state index in [2.05, 4.69) is 25.5 Å². The summed E-state index contributed by atoms with van der Waals surface area (Å²) in [6.45, 7) is 2.44. The zero-order valence-electron chi connectivity index (χ0n) is 26.6. The summed E-state index contributed by atoms with van der Waals surface area (Å²) in [7, 11) is 7.24. The van der Waals surface area contributed by atoms with Gasteiger partial charge >= 0.3 is 12.1 Å². The van der Waals surface area contributed by atoms with Crippen LogP contribution in [0.5, 0.6) is 0 Å². The molecule has 16 heteroatoms. The molecule has 0 atom stereocenters. The first-order chi connectivity index (χ1) is 22.2. The molecule has 0 aliphatic heterocycles. The summed E-state index contributed by atoms with van der Waals surface area (Å²) in [5.74, 6) is -1.29. The van der Waals surface area contributed by atoms with Crippen LogP contribution in [0.3, 0.4) is 0 Å². The largest absolute Gasteiger partial charge is 1.00 e. The Morgan fingerprint density at radius 2 is 1.77 bits per heavy atom. The van der Waals surface area contributed by atoms with E-state index in [1.54, 1.807) is 37.4 Å². The Morgan fingerprint density at radius 1 is 1.06 bits per heavy atom. The molecule has 5 rings (SSSR count). The van der Waals surface area contributed by atoms with Gasteiger partial charge in [0.2, 0.25) is 11.9 Å². The fourth-order valence-corrected chi connectivity index (χ4v) is 5.00. The number of amides is 1. The van der Waals surface area contributed by atoms with Crippen molar-refractivity contribution >= 4 is 23.5 Å². The molecule has 0 aliphatic rings. The van der Waals surface area contributed by atoms with Gasteiger partial charge in [0.05, 0.1) is 57.7 Å². The van der Waals surface area contributed by atoms with Crippen molar-refractivity contribution in [2.45, 2.75) is 25.9 Å². The second kappa shape index (κ2) is 13.9. The molecule has 48 heavy (non-hydrogen) atoms. The van der Waals surface area contributed by atoms with Gasteiger partial charge < -0.3 is 26.2 Å². The summed E-state index contributed by atoms with van der Waals surface area (Å²) in [5.41, 5.74) is 1.44. The zero-order valence-corrected chi connectivity index (χ0v) is 28.2. The molecular formula is C32H31BrF3N9O3. The first kappa shape index (κ1) is 35.7. The molecule has 0 unspecified atom stereocenters. The second-order valence-electron chi connectivity index (χ2n) is 11.8. The number of quaternary nitrogens is 1. The predicted octanol–water partition coefficient (Wildman–Crippen LogP) is 2.06. The number of nitrogens with one attached hydrogen (secondary N) is 1. The van der Waals surface area contributed by atoms with E-state index in [0.29, 0.717) is 38.8 Å². The molecule has 0 aliphatic carbocycles. The number of aromatic nitrogens is 6. The number of fused-ring (bicyclic) bond motifs is 1. The molecule has 5 aromatic rings. The van der Waals surface area contributed by atoms with Gasteiger partial charge in [-0.3, -0.25) is 10.1 Å². The zero-order chi connectivity index (χ0) is 34.1. The smallest absolute Gasteiger partial charge is 0.416 e. The van der Waals surface area contributed by atoms with E-state index >= 15 is 0 Å². The lowest BCUT2D eigenvalue weighted by Gasteiger charge is -2.23. The van der Waals surface area contributed by atoms with Crippen molar-refractivity contribution in [1.82, 2.24) is 29.4 Å². The Morgan fingerprint density at radius 3 is 2.40 bits per heavy atom. The van der Waals surface area contributed by atoms with Gasteiger partial charge in [0.15, 0.2) is 11.5 Å². The normalized spacial score (nSPS) is 11.6. The lowest BCUT2D eigenvalue weighted by atomic mass is 9.96. The molecule has 0 bridgehead atoms. The summed E-state index contributed by atoms with van der Waals surface area (Å²) < 4.78 is 49.7. The summed E-state index contributed by atoms with van der Waals surface area (Å²) in [6, 6.07) is 13.2. The van der Waals surface area contributed by atoms with Crippen molar-refractivity contribution in [3.63, 3.8) is 0 Å². The number of benzene rings is 2. The van der Waals surface area contributed by atoms with Crippen molar-refractivity contribution in [3.05, 3.63) is 77.2 Å². The van der Waals surface area contributed by atoms with E-state index < -0.39 is 17.7 Å². The molecule has 1 amide bonds. The van der Waals surface area contributed by atoms with Crippen LogP contribution in [0, 0.1) is 18.3 Å². The highest BCUT2D eigenvalue weighted by Gasteiger charge is 2.31. The van der Waals surface area contributed by atoms with Crippen LogP contribution >= 0.6 is 0 Å². The Balaban J connectivity index is 0.00000520. The molecule has 12 nitrogen and oxygen atoms in total. The quantitative estimate of drug-likeness (QED) is 0.180. The molecular weight excluding hydrogens is 695 g/mol. The maximum absolute atomic E-state index is 13.8. The molecule has 3 heterocycles. The highest BCUT2D eigenvalue weighted by molar-refractivity contribution is 5.91. The van der Waals surface area contributed by atoms with E-state index in [4.69, 9.17) is 4.74 Å². The van der Waals surface area contributed by atoms with Crippen molar-refractivity contribution in [1.29, 1.82) is 5.26 Å². The van der Waals surface area contributed by atoms with Crippen LogP contribution in [0.15, 0.2) is 54.7 Å². The summed E-state index contributed by atoms with van der Waals surface area (Å²) in [5, 5.41) is 20.7. The van der Waals surface area contributed by atoms with Crippen LogP contribution in [0.25, 0.3) is 33.8 Å². The van der Waals surface area contributed by atoms with E-state index in [1.165, 1.54) is 28.4 Å². The van der Waals surface area contributed by atoms with Crippen molar-refractivity contribution in [2.24, 2.45) is 0 Å². The van der Waals surface area contributed by atoms with Crippen LogP contribution in [0.4, 0.5) is 19.1 Å². The molecule has 0 saturated carbocycles. The molecule has 0 spiro atoms. The number of pyridine rings is 1. The van der Waals surface area contributed by atoms with Crippen LogP contribution in [0.2, 0.25) is 0 Å². The van der Waals surface area contributed by atoms with Gasteiger partial charge in [0.1, 0.15) is 0 Å². The molecule has 0 saturated heterocycles. The number of nitriles is 1. The average molecular weight is 727 g/mol. The lowest BCUT2D eigenvalue weighted by molar-refractivity contribution is -0.870. The van der Waals surface area contributed by atoms with E-state index in [1.807, 2.05) is 27.2 Å². The number of rotatable bonds is 9. The van der Waals surface area contributed by atoms with Crippen LogP contribution < -0.4 is 22.3 Å². The SMILES string of the molecule is COC(=O)c1nc(-c2cn3nc(NC(=O)CCC[N+](C)(C)C)nc3c(-c3cccc(C(F)(F)F)c3)c2C)n(-c2ccc(C#N)cc2)n1.[Br-]. The molecule has 0 radical (unpaired) electrons. The number of hydrogen-bond donors (Lipinski definition) is 1. The molecule has 0 fully saturated rings. The van der Waals surface area contributed by atoms with E-state index in [0.717, 1.165) is 18.7 Å². The highest BCUT2D eigenvalue weighted by atomic mass is 79.9. The monoisotopic (exact) mass is 725 g/mol. The Hall–Kier alpha value is -5.14. The molecule has 250 valence electrons. The number of alkyl halides is 3. The van der Waals surface area contributed by atoms with Gasteiger partial charge in [0.25, 0.3) is 5.82 Å². The third kappa shape index (κ3) is 7.69. The van der Waals surface area contributed by atoms with Gasteiger partial charge in [-0.2, -0.15) is 23.4 Å². The van der Waals surface area contributed by atoms with Crippen molar-refractivity contribution in [3.8, 4) is 34.3 Å². The highest BCUT2D eigenvalue weighted by Crippen LogP contribution is 2.38. The Kier molecular flexibility index (Phi) is 10.4. The van der Waals surface area contributed by atoms with Crippen LogP contribution in [0.1, 0.15) is 40.2 Å². The fraction of sp³-hybridized carbons (Fsp3) is 0.281. The topological polar surface area (TPSA) is 140 Å². The second-order valence-corrected chi connectivity index (χ2v) is 11.8. The lowest BCUT2D eigenvalue weighted by Crippen LogP contribution is -3.00. The third-order valence-corrected chi connectivity index (χ3v) is 7.30. The van der Waals surface area contributed by atoms with E-state index in [9.17, 15) is 28.0 Å². The van der Waals surface area contributed by atoms with Gasteiger partial charge in [-0.15, -0.1) is 10.2 Å². The Bertz CT molecular complexity index is 2030. The standard InChI is InChI=1S/C32H30F3N9O3.BrH/c1-19-24(28-38-27(30(46)47-5)40-43(28)23-13-11-20(17-36)12-14-23)18-42-29(26(19)21-8-6-9-22(16-21)32(33,34)35)39-31(41-42)37-25(45)10-7-15-44(2,3)4;/h6,8-9,11-14,16,18H,7,10,15H2,1-5H3;1H. The number of ether oxygens (including phenoxy) is 1. The van der Waals surface area contributed by atoms with Gasteiger partial charge in [-0.25, -0.2) is 19.0 Å². The summed E-state index contributed by atoms with van der Waals surface area (Å²) >= 11 is 0. The maximum Gasteiger partial charge on any atom is 0.416 e. The molecule has 3 aromatic heterocycles. The minimum atomic E-state index is -4.61. The number of halogens is 4. The van der Waals surface area contributed by atoms with Crippen molar-refractivity contribution in [2.75, 3.05) is 40.1 Å². The van der Waals surface area contributed by atoms with Gasteiger partial charge in [0, 0.05) is 30.2 Å². The number of hydrogen-bond acceptors (Lipinski definition) is 8. The predicted molar refractivity (Wildman–Crippen MR) is 165 cm³/mol. The maximum atomic E-state index is 13.8. The molecule has 1 N–H and O–H groups in total. The van der Waals surface area contributed by atoms with Crippen molar-refractivity contribution < 1.29 is 49.0 Å². The summed E-state index contributed by atoms with van der Waals surface area (Å²) in [6.07, 6.45) is -2.22. The number of carbonyl (C=O) groups is 2. The average Bonchev–Trinajstić information content (AvgIpc) is 3.63. The number of esters is 1. The summed E-state index contributed by atoms with van der Waals surface area (Å²) in [4.78, 5) is 34.2. The van der Waals surface area contributed by atoms with Crippen LogP contribution in [-0.2, 0) is 15.7 Å². The Labute approximate surface area is 284 Å². The number of carbonyl (C=O) groups excluding carboxylic acids is 2. The first-order valence-electron chi connectivity index (χ1n) is 14.4. The minimum Gasteiger partial charge on any atom is -1.00 e. The van der Waals surface area contributed by atoms with Gasteiger partial charge in [-0.1, -0.05) is 12.1 Å². The number of anilines is 1. The number of nitrogens with zero attached hydrogens (tertiary/aromatic N) is 8. The first-order valence-corrected chi connectivity index (χ1v) is 14.4. The van der Waals surface area contributed by atoms with Gasteiger partial charge in [-0.05, 0) is 54.4 Å². The van der Waals surface area contributed by atoms with Crippen LogP contribution in [-0.4, -0.2) is 80.5 Å².